The summed E-state index contributed by atoms with van der Waals surface area (Å²) in [6.07, 6.45) is 2.60. The van der Waals surface area contributed by atoms with Crippen molar-refractivity contribution in [3.05, 3.63) is 0 Å². The summed E-state index contributed by atoms with van der Waals surface area (Å²) in [4.78, 5) is 0. The Balaban J connectivity index is 3.70. The van der Waals surface area contributed by atoms with Crippen LogP contribution in [0.1, 0.15) is 54.4 Å². The van der Waals surface area contributed by atoms with Crippen LogP contribution in [0, 0.1) is 11.8 Å². The zero-order valence-electron chi connectivity index (χ0n) is 10.5. The molecular weight excluding hydrogens is 208 g/mol. The molecule has 0 aliphatic rings. The molecule has 0 aromatic heterocycles. The van der Waals surface area contributed by atoms with Gasteiger partial charge in [0, 0.05) is 10.5 Å². The van der Waals surface area contributed by atoms with Crippen molar-refractivity contribution >= 4 is 21.6 Å². The van der Waals surface area contributed by atoms with Crippen molar-refractivity contribution in [2.45, 2.75) is 64.9 Å². The minimum atomic E-state index is 0.788. The lowest BCUT2D eigenvalue weighted by atomic mass is 10.1. The van der Waals surface area contributed by atoms with E-state index in [1.165, 1.54) is 12.8 Å². The number of hydrogen-bond donors (Lipinski definition) is 0. The van der Waals surface area contributed by atoms with Gasteiger partial charge in [0.15, 0.2) is 0 Å². The van der Waals surface area contributed by atoms with Crippen molar-refractivity contribution in [1.82, 2.24) is 0 Å². The molecule has 0 amide bonds. The first-order valence-electron chi connectivity index (χ1n) is 5.84. The largest absolute Gasteiger partial charge is 0.0905 e. The summed E-state index contributed by atoms with van der Waals surface area (Å²) < 4.78 is 0. The van der Waals surface area contributed by atoms with Gasteiger partial charge in [0.2, 0.25) is 0 Å². The molecule has 4 unspecified atom stereocenters. The topological polar surface area (TPSA) is 0 Å². The molecule has 0 aliphatic carbocycles. The van der Waals surface area contributed by atoms with Crippen LogP contribution in [0.15, 0.2) is 0 Å². The van der Waals surface area contributed by atoms with Crippen LogP contribution in [-0.2, 0) is 0 Å². The van der Waals surface area contributed by atoms with Gasteiger partial charge in [-0.05, 0) is 11.8 Å². The Morgan fingerprint density at radius 3 is 1.21 bits per heavy atom. The van der Waals surface area contributed by atoms with Gasteiger partial charge in [0.05, 0.1) is 0 Å². The van der Waals surface area contributed by atoms with Crippen molar-refractivity contribution in [3.8, 4) is 0 Å². The minimum absolute atomic E-state index is 0.788. The second kappa shape index (κ2) is 7.92. The highest BCUT2D eigenvalue weighted by Crippen LogP contribution is 2.38. The fourth-order valence-electron chi connectivity index (χ4n) is 1.03. The molecule has 0 heterocycles. The smallest absolute Gasteiger partial charge is 0.0148 e. The monoisotopic (exact) mass is 234 g/mol. The Morgan fingerprint density at radius 1 is 0.714 bits per heavy atom. The molecule has 0 radical (unpaired) electrons. The SMILES string of the molecule is CCC(C)C(C)SSC(C)C(C)CC. The van der Waals surface area contributed by atoms with Gasteiger partial charge in [-0.2, -0.15) is 0 Å². The van der Waals surface area contributed by atoms with E-state index in [1.807, 2.05) is 0 Å². The molecular formula is C12H26S2. The summed E-state index contributed by atoms with van der Waals surface area (Å²) in [6.45, 7) is 14.0. The van der Waals surface area contributed by atoms with Crippen LogP contribution in [0.25, 0.3) is 0 Å². The average molecular weight is 234 g/mol. The highest BCUT2D eigenvalue weighted by Gasteiger charge is 2.15. The minimum Gasteiger partial charge on any atom is -0.0905 e. The average Bonchev–Trinajstić information content (AvgIpc) is 2.22. The van der Waals surface area contributed by atoms with Gasteiger partial charge in [0.25, 0.3) is 0 Å². The van der Waals surface area contributed by atoms with Gasteiger partial charge in [-0.15, -0.1) is 0 Å². The molecule has 0 saturated carbocycles. The van der Waals surface area contributed by atoms with Crippen molar-refractivity contribution in [1.29, 1.82) is 0 Å². The van der Waals surface area contributed by atoms with Crippen LogP contribution in [0.5, 0.6) is 0 Å². The maximum Gasteiger partial charge on any atom is 0.0148 e. The van der Waals surface area contributed by atoms with Crippen molar-refractivity contribution < 1.29 is 0 Å². The highest BCUT2D eigenvalue weighted by molar-refractivity contribution is 8.77. The molecule has 0 N–H and O–H groups in total. The van der Waals surface area contributed by atoms with Crippen LogP contribution in [-0.4, -0.2) is 10.5 Å². The highest BCUT2D eigenvalue weighted by atomic mass is 33.1. The van der Waals surface area contributed by atoms with Crippen molar-refractivity contribution in [2.75, 3.05) is 0 Å². The van der Waals surface area contributed by atoms with Gasteiger partial charge in [-0.3, -0.25) is 0 Å². The summed E-state index contributed by atoms with van der Waals surface area (Å²) in [5.74, 6) is 1.69. The van der Waals surface area contributed by atoms with Crippen molar-refractivity contribution in [2.24, 2.45) is 11.8 Å². The second-order valence-electron chi connectivity index (χ2n) is 4.37. The first-order valence-corrected chi connectivity index (χ1v) is 8.12. The third-order valence-electron chi connectivity index (χ3n) is 3.25. The molecule has 86 valence electrons. The van der Waals surface area contributed by atoms with E-state index < -0.39 is 0 Å². The van der Waals surface area contributed by atoms with Crippen LogP contribution in [0.2, 0.25) is 0 Å². The zero-order chi connectivity index (χ0) is 11.1. The van der Waals surface area contributed by atoms with E-state index in [-0.39, 0.29) is 0 Å². The molecule has 0 aliphatic heterocycles. The van der Waals surface area contributed by atoms with E-state index in [0.717, 1.165) is 22.3 Å². The Hall–Kier alpha value is 0.700. The van der Waals surface area contributed by atoms with Gasteiger partial charge in [-0.25, -0.2) is 0 Å². The third kappa shape index (κ3) is 5.55. The van der Waals surface area contributed by atoms with Crippen molar-refractivity contribution in [3.63, 3.8) is 0 Å². The fourth-order valence-corrected chi connectivity index (χ4v) is 4.33. The fraction of sp³-hybridized carbons (Fsp3) is 1.00. The molecule has 0 bridgehead atoms. The Kier molecular flexibility index (Phi) is 8.32. The summed E-state index contributed by atoms with van der Waals surface area (Å²) in [5.41, 5.74) is 0. The second-order valence-corrected chi connectivity index (χ2v) is 7.40. The molecule has 0 saturated heterocycles. The summed E-state index contributed by atoms with van der Waals surface area (Å²) in [6, 6.07) is 0. The van der Waals surface area contributed by atoms with Gasteiger partial charge < -0.3 is 0 Å². The van der Waals surface area contributed by atoms with E-state index in [9.17, 15) is 0 Å². The first-order chi connectivity index (χ1) is 6.52. The Labute approximate surface area is 98.4 Å². The summed E-state index contributed by atoms with van der Waals surface area (Å²) >= 11 is 0. The van der Waals surface area contributed by atoms with E-state index in [2.05, 4.69) is 63.1 Å². The molecule has 0 aromatic rings. The lowest BCUT2D eigenvalue weighted by Crippen LogP contribution is -2.11. The van der Waals surface area contributed by atoms with Gasteiger partial charge in [0.1, 0.15) is 0 Å². The molecule has 14 heavy (non-hydrogen) atoms. The van der Waals surface area contributed by atoms with Crippen LogP contribution >= 0.6 is 21.6 Å². The van der Waals surface area contributed by atoms with Gasteiger partial charge >= 0.3 is 0 Å². The van der Waals surface area contributed by atoms with Crippen LogP contribution in [0.4, 0.5) is 0 Å². The summed E-state index contributed by atoms with van der Waals surface area (Å²) in [7, 11) is 4.16. The molecule has 0 aromatic carbocycles. The lowest BCUT2D eigenvalue weighted by Gasteiger charge is -2.22. The van der Waals surface area contributed by atoms with E-state index in [4.69, 9.17) is 0 Å². The van der Waals surface area contributed by atoms with Crippen LogP contribution < -0.4 is 0 Å². The maximum atomic E-state index is 2.36. The Morgan fingerprint density at radius 2 is 1.00 bits per heavy atom. The maximum absolute atomic E-state index is 2.36. The number of rotatable bonds is 7. The molecule has 2 heteroatoms. The zero-order valence-corrected chi connectivity index (χ0v) is 12.2. The Bertz CT molecular complexity index is 120. The predicted molar refractivity (Wildman–Crippen MR) is 73.0 cm³/mol. The summed E-state index contributed by atoms with van der Waals surface area (Å²) in [5, 5.41) is 1.58. The molecule has 0 spiro atoms. The molecule has 0 fully saturated rings. The first kappa shape index (κ1) is 14.7. The quantitative estimate of drug-likeness (QED) is 0.553. The number of hydrogen-bond acceptors (Lipinski definition) is 2. The standard InChI is InChI=1S/C12H26S2/c1-7-9(3)11(5)13-14-12(6)10(4)8-2/h9-12H,7-8H2,1-6H3. The van der Waals surface area contributed by atoms with Crippen LogP contribution in [0.3, 0.4) is 0 Å². The van der Waals surface area contributed by atoms with E-state index >= 15 is 0 Å². The van der Waals surface area contributed by atoms with Gasteiger partial charge in [-0.1, -0.05) is 76.0 Å². The van der Waals surface area contributed by atoms with E-state index in [0.29, 0.717) is 0 Å². The molecule has 0 rings (SSSR count). The predicted octanol–water partition coefficient (Wildman–Crippen LogP) is 5.24. The lowest BCUT2D eigenvalue weighted by molar-refractivity contribution is 0.556. The molecule has 4 atom stereocenters. The molecule has 0 nitrogen and oxygen atoms in total. The third-order valence-corrected chi connectivity index (χ3v) is 7.05. The normalized spacial score (nSPS) is 20.1. The van der Waals surface area contributed by atoms with E-state index in [1.54, 1.807) is 0 Å².